The number of amides is 1. The fraction of sp³-hybridized carbons (Fsp3) is 0.296. The topological polar surface area (TPSA) is 43.8 Å². The van der Waals surface area contributed by atoms with E-state index >= 15 is 0 Å². The zero-order valence-corrected chi connectivity index (χ0v) is 17.8. The Bertz CT molecular complexity index is 1070. The third-order valence-electron chi connectivity index (χ3n) is 6.98. The number of hydrogen-bond donors (Lipinski definition) is 1. The summed E-state index contributed by atoms with van der Waals surface area (Å²) in [6, 6.07) is 26.9. The van der Waals surface area contributed by atoms with E-state index in [1.54, 1.807) is 0 Å². The SMILES string of the molecule is CN1c2ccc(-c3ccccc3)cc2[C@H]2[C@H](CCN2C(=O)Cc2ccccc2)[C@@H]1CO. The van der Waals surface area contributed by atoms with E-state index in [0.29, 0.717) is 6.42 Å². The number of hydrogen-bond acceptors (Lipinski definition) is 3. The predicted octanol–water partition coefficient (Wildman–Crippen LogP) is 4.30. The first kappa shape index (κ1) is 19.8. The Balaban J connectivity index is 1.54. The molecule has 0 bridgehead atoms. The molecule has 0 saturated carbocycles. The van der Waals surface area contributed by atoms with Crippen molar-refractivity contribution in [2.24, 2.45) is 5.92 Å². The number of likely N-dealkylation sites (tertiary alicyclic amines) is 1. The Morgan fingerprint density at radius 1 is 0.968 bits per heavy atom. The van der Waals surface area contributed by atoms with Crippen LogP contribution >= 0.6 is 0 Å². The molecule has 5 rings (SSSR count). The van der Waals surface area contributed by atoms with Crippen LogP contribution in [0.15, 0.2) is 78.9 Å². The molecule has 158 valence electrons. The van der Waals surface area contributed by atoms with Crippen molar-refractivity contribution in [1.29, 1.82) is 0 Å². The quantitative estimate of drug-likeness (QED) is 0.695. The van der Waals surface area contributed by atoms with Crippen molar-refractivity contribution >= 4 is 11.6 Å². The van der Waals surface area contributed by atoms with Gasteiger partial charge in [0, 0.05) is 25.2 Å². The van der Waals surface area contributed by atoms with Gasteiger partial charge in [-0.15, -0.1) is 0 Å². The van der Waals surface area contributed by atoms with Crippen LogP contribution in [0.4, 0.5) is 5.69 Å². The largest absolute Gasteiger partial charge is 0.394 e. The number of benzene rings is 3. The Morgan fingerprint density at radius 3 is 2.39 bits per heavy atom. The molecule has 2 heterocycles. The molecule has 1 N–H and O–H groups in total. The Hall–Kier alpha value is -3.11. The van der Waals surface area contributed by atoms with E-state index in [2.05, 4.69) is 59.3 Å². The summed E-state index contributed by atoms with van der Waals surface area (Å²) in [7, 11) is 2.06. The summed E-state index contributed by atoms with van der Waals surface area (Å²) in [5.41, 5.74) is 5.68. The third-order valence-corrected chi connectivity index (χ3v) is 6.98. The zero-order chi connectivity index (χ0) is 21.4. The van der Waals surface area contributed by atoms with Crippen LogP contribution in [-0.2, 0) is 11.2 Å². The lowest BCUT2D eigenvalue weighted by molar-refractivity contribution is -0.132. The van der Waals surface area contributed by atoms with Crippen LogP contribution in [0.1, 0.15) is 23.6 Å². The summed E-state index contributed by atoms with van der Waals surface area (Å²) in [5.74, 6) is 0.393. The molecular weight excluding hydrogens is 384 g/mol. The number of aliphatic hydroxyl groups is 1. The van der Waals surface area contributed by atoms with Gasteiger partial charge in [0.05, 0.1) is 25.1 Å². The number of carbonyl (C=O) groups excluding carboxylic acids is 1. The van der Waals surface area contributed by atoms with E-state index in [1.165, 1.54) is 11.1 Å². The second kappa shape index (κ2) is 8.20. The van der Waals surface area contributed by atoms with Crippen molar-refractivity contribution in [3.05, 3.63) is 90.0 Å². The summed E-state index contributed by atoms with van der Waals surface area (Å²) in [5, 5.41) is 10.2. The van der Waals surface area contributed by atoms with Gasteiger partial charge >= 0.3 is 0 Å². The van der Waals surface area contributed by atoms with Gasteiger partial charge in [-0.25, -0.2) is 0 Å². The first-order chi connectivity index (χ1) is 15.2. The highest BCUT2D eigenvalue weighted by atomic mass is 16.3. The molecule has 2 aliphatic heterocycles. The van der Waals surface area contributed by atoms with Crippen LogP contribution in [0.2, 0.25) is 0 Å². The highest BCUT2D eigenvalue weighted by Gasteiger charge is 2.47. The van der Waals surface area contributed by atoms with E-state index < -0.39 is 0 Å². The molecule has 1 amide bonds. The lowest BCUT2D eigenvalue weighted by Gasteiger charge is -2.44. The summed E-state index contributed by atoms with van der Waals surface area (Å²) >= 11 is 0. The second-order valence-electron chi connectivity index (χ2n) is 8.65. The van der Waals surface area contributed by atoms with Gasteiger partial charge in [-0.2, -0.15) is 0 Å². The summed E-state index contributed by atoms with van der Waals surface area (Å²) in [6.45, 7) is 0.832. The molecule has 3 aromatic rings. The lowest BCUT2D eigenvalue weighted by Crippen LogP contribution is -2.48. The number of nitrogens with zero attached hydrogens (tertiary/aromatic N) is 2. The molecule has 4 heteroatoms. The minimum absolute atomic E-state index is 0.00299. The number of aliphatic hydroxyl groups excluding tert-OH is 1. The van der Waals surface area contributed by atoms with Crippen molar-refractivity contribution in [1.82, 2.24) is 4.90 Å². The third kappa shape index (κ3) is 3.51. The average molecular weight is 413 g/mol. The summed E-state index contributed by atoms with van der Waals surface area (Å²) in [6.07, 6.45) is 1.33. The highest BCUT2D eigenvalue weighted by Crippen LogP contribution is 2.49. The molecule has 2 aliphatic rings. The van der Waals surface area contributed by atoms with Crippen molar-refractivity contribution in [3.63, 3.8) is 0 Å². The van der Waals surface area contributed by atoms with E-state index in [-0.39, 0.29) is 30.5 Å². The molecule has 0 aromatic heterocycles. The lowest BCUT2D eigenvalue weighted by atomic mass is 9.81. The smallest absolute Gasteiger partial charge is 0.227 e. The average Bonchev–Trinajstić information content (AvgIpc) is 3.26. The molecule has 31 heavy (non-hydrogen) atoms. The van der Waals surface area contributed by atoms with E-state index in [9.17, 15) is 9.90 Å². The van der Waals surface area contributed by atoms with Gasteiger partial charge in [0.15, 0.2) is 0 Å². The predicted molar refractivity (Wildman–Crippen MR) is 124 cm³/mol. The van der Waals surface area contributed by atoms with Crippen LogP contribution in [-0.4, -0.2) is 42.2 Å². The minimum Gasteiger partial charge on any atom is -0.394 e. The van der Waals surface area contributed by atoms with Crippen LogP contribution in [0.5, 0.6) is 0 Å². The molecular formula is C27H28N2O2. The standard InChI is InChI=1S/C27H28N2O2/c1-28-24-13-12-21(20-10-6-3-7-11-20)17-23(24)27-22(25(28)18-30)14-15-29(27)26(31)16-19-8-4-2-5-9-19/h2-13,17,22,25,27,30H,14-16,18H2,1H3/t22-,25+,27-/m1/s1. The van der Waals surface area contributed by atoms with Gasteiger partial charge in [-0.05, 0) is 40.8 Å². The van der Waals surface area contributed by atoms with Crippen LogP contribution in [0, 0.1) is 5.92 Å². The van der Waals surface area contributed by atoms with Gasteiger partial charge < -0.3 is 14.9 Å². The number of fused-ring (bicyclic) bond motifs is 3. The highest BCUT2D eigenvalue weighted by molar-refractivity contribution is 5.81. The van der Waals surface area contributed by atoms with Gasteiger partial charge in [-0.1, -0.05) is 66.7 Å². The van der Waals surface area contributed by atoms with Gasteiger partial charge in [-0.3, -0.25) is 4.79 Å². The van der Waals surface area contributed by atoms with E-state index in [0.717, 1.165) is 29.8 Å². The van der Waals surface area contributed by atoms with Crippen molar-refractivity contribution in [2.75, 3.05) is 25.1 Å². The Labute approximate surface area is 183 Å². The number of anilines is 1. The van der Waals surface area contributed by atoms with Gasteiger partial charge in [0.2, 0.25) is 5.91 Å². The molecule has 0 spiro atoms. The molecule has 0 aliphatic carbocycles. The first-order valence-electron chi connectivity index (χ1n) is 11.0. The Morgan fingerprint density at radius 2 is 1.68 bits per heavy atom. The molecule has 3 aromatic carbocycles. The minimum atomic E-state index is 0.00299. The molecule has 1 fully saturated rings. The number of carbonyl (C=O) groups is 1. The maximum Gasteiger partial charge on any atom is 0.227 e. The monoisotopic (exact) mass is 412 g/mol. The summed E-state index contributed by atoms with van der Waals surface area (Å²) < 4.78 is 0. The van der Waals surface area contributed by atoms with Crippen molar-refractivity contribution in [3.8, 4) is 11.1 Å². The molecule has 0 radical (unpaired) electrons. The van der Waals surface area contributed by atoms with Crippen LogP contribution < -0.4 is 4.90 Å². The van der Waals surface area contributed by atoms with Gasteiger partial charge in [0.25, 0.3) is 0 Å². The van der Waals surface area contributed by atoms with Crippen LogP contribution in [0.25, 0.3) is 11.1 Å². The maximum atomic E-state index is 13.4. The maximum absolute atomic E-state index is 13.4. The molecule has 1 saturated heterocycles. The molecule has 0 unspecified atom stereocenters. The summed E-state index contributed by atoms with van der Waals surface area (Å²) in [4.78, 5) is 17.6. The van der Waals surface area contributed by atoms with Crippen molar-refractivity contribution < 1.29 is 9.90 Å². The Kier molecular flexibility index (Phi) is 5.24. The number of rotatable bonds is 4. The first-order valence-corrected chi connectivity index (χ1v) is 11.0. The zero-order valence-electron chi connectivity index (χ0n) is 17.8. The normalized spacial score (nSPS) is 22.2. The fourth-order valence-electron chi connectivity index (χ4n) is 5.42. The van der Waals surface area contributed by atoms with E-state index in [4.69, 9.17) is 0 Å². The van der Waals surface area contributed by atoms with Gasteiger partial charge in [0.1, 0.15) is 0 Å². The van der Waals surface area contributed by atoms with Crippen LogP contribution in [0.3, 0.4) is 0 Å². The number of likely N-dealkylation sites (N-methyl/N-ethyl adjacent to an activating group) is 1. The molecule has 4 nitrogen and oxygen atoms in total. The van der Waals surface area contributed by atoms with E-state index in [1.807, 2.05) is 36.4 Å². The van der Waals surface area contributed by atoms with Crippen molar-refractivity contribution in [2.45, 2.75) is 24.9 Å². The molecule has 3 atom stereocenters. The fourth-order valence-corrected chi connectivity index (χ4v) is 5.42. The second-order valence-corrected chi connectivity index (χ2v) is 8.65.